The fourth-order valence-electron chi connectivity index (χ4n) is 8.49. The Labute approximate surface area is 403 Å². The second-order valence-electron chi connectivity index (χ2n) is 20.6. The lowest BCUT2D eigenvalue weighted by molar-refractivity contribution is -0.870. The van der Waals surface area contributed by atoms with Crippen molar-refractivity contribution in [2.24, 2.45) is 0 Å². The lowest BCUT2D eigenvalue weighted by Gasteiger charge is -2.25. The van der Waals surface area contributed by atoms with Crippen molar-refractivity contribution in [3.63, 3.8) is 0 Å². The minimum atomic E-state index is -1.50. The Kier molecular flexibility index (Phi) is 47.5. The van der Waals surface area contributed by atoms with Gasteiger partial charge in [-0.15, -0.1) is 0 Å². The SMILES string of the molecule is CCCCCCCCCCCCCCCCCCCCCCCCCCCCC(=O)OC(COC(=O)CCCCCCCCCCCCCCCC)COC(OCC[N+](C)(C)C)C(=O)O. The van der Waals surface area contributed by atoms with Gasteiger partial charge in [-0.25, -0.2) is 4.79 Å². The molecule has 0 aliphatic carbocycles. The third-order valence-corrected chi connectivity index (χ3v) is 12.9. The topological polar surface area (TPSA) is 108 Å². The Balaban J connectivity index is 4.15. The molecule has 0 heterocycles. The Morgan fingerprint density at radius 2 is 0.692 bits per heavy atom. The van der Waals surface area contributed by atoms with Gasteiger partial charge >= 0.3 is 17.9 Å². The van der Waals surface area contributed by atoms with Gasteiger partial charge in [0.15, 0.2) is 6.10 Å². The minimum Gasteiger partial charge on any atom is -0.477 e. The van der Waals surface area contributed by atoms with Crippen LogP contribution in [0, 0.1) is 0 Å². The summed E-state index contributed by atoms with van der Waals surface area (Å²) in [6.07, 6.45) is 50.4. The molecule has 0 radical (unpaired) electrons. The van der Waals surface area contributed by atoms with Crippen LogP contribution in [0.1, 0.15) is 284 Å². The summed E-state index contributed by atoms with van der Waals surface area (Å²) in [7, 11) is 5.98. The fraction of sp³-hybridized carbons (Fsp3) is 0.946. The van der Waals surface area contributed by atoms with E-state index in [0.29, 0.717) is 17.4 Å². The lowest BCUT2D eigenvalue weighted by Crippen LogP contribution is -2.40. The molecule has 0 saturated heterocycles. The summed E-state index contributed by atoms with van der Waals surface area (Å²) in [5, 5.41) is 9.68. The molecule has 0 aromatic rings. The Morgan fingerprint density at radius 1 is 0.400 bits per heavy atom. The van der Waals surface area contributed by atoms with Gasteiger partial charge in [0.2, 0.25) is 0 Å². The molecule has 9 nitrogen and oxygen atoms in total. The first-order valence-electron chi connectivity index (χ1n) is 28.2. The number of ether oxygens (including phenoxy) is 4. The standard InChI is InChI=1S/C56H109NO8/c1-6-8-10-12-14-16-18-20-22-23-24-25-26-27-28-29-30-31-32-33-35-37-39-41-43-45-47-54(59)65-52(51-64-56(55(60)61)62-49-48-57(3,4)5)50-63-53(58)46-44-42-40-38-36-34-21-19-17-15-13-11-9-7-2/h52,56H,6-51H2,1-5H3/p+1. The molecular formula is C56H110NO8+. The quantitative estimate of drug-likeness (QED) is 0.0278. The zero-order valence-electron chi connectivity index (χ0n) is 43.9. The summed E-state index contributed by atoms with van der Waals surface area (Å²) in [6, 6.07) is 0. The van der Waals surface area contributed by atoms with Crippen LogP contribution < -0.4 is 0 Å². The van der Waals surface area contributed by atoms with Crippen LogP contribution in [0.4, 0.5) is 0 Å². The van der Waals surface area contributed by atoms with E-state index in [1.165, 1.54) is 218 Å². The maximum atomic E-state index is 12.8. The second-order valence-corrected chi connectivity index (χ2v) is 20.6. The smallest absolute Gasteiger partial charge is 0.361 e. The van der Waals surface area contributed by atoms with Crippen LogP contribution in [-0.2, 0) is 33.3 Å². The normalized spacial score (nSPS) is 12.7. The van der Waals surface area contributed by atoms with E-state index in [2.05, 4.69) is 13.8 Å². The Bertz CT molecular complexity index is 1030. The average molecular weight is 925 g/mol. The molecule has 0 bridgehead atoms. The number of carboxylic acid groups (broad SMARTS) is 1. The molecule has 2 atom stereocenters. The summed E-state index contributed by atoms with van der Waals surface area (Å²) >= 11 is 0. The molecule has 386 valence electrons. The van der Waals surface area contributed by atoms with Crippen LogP contribution in [0.5, 0.6) is 0 Å². The van der Waals surface area contributed by atoms with Crippen molar-refractivity contribution in [1.82, 2.24) is 0 Å². The van der Waals surface area contributed by atoms with E-state index in [-0.39, 0.29) is 38.2 Å². The lowest BCUT2D eigenvalue weighted by atomic mass is 10.0. The molecule has 1 N–H and O–H groups in total. The number of esters is 2. The van der Waals surface area contributed by atoms with Gasteiger partial charge in [0.05, 0.1) is 34.4 Å². The van der Waals surface area contributed by atoms with E-state index in [1.807, 2.05) is 21.1 Å². The molecule has 0 fully saturated rings. The molecule has 0 aliphatic heterocycles. The van der Waals surface area contributed by atoms with Crippen molar-refractivity contribution in [3.8, 4) is 0 Å². The van der Waals surface area contributed by atoms with Gasteiger partial charge in [0.25, 0.3) is 6.29 Å². The number of likely N-dealkylation sites (N-methyl/N-ethyl adjacent to an activating group) is 1. The first-order valence-corrected chi connectivity index (χ1v) is 28.2. The van der Waals surface area contributed by atoms with Gasteiger partial charge in [0.1, 0.15) is 13.2 Å². The molecule has 0 spiro atoms. The number of nitrogens with zero attached hydrogens (tertiary/aromatic N) is 1. The highest BCUT2D eigenvalue weighted by molar-refractivity contribution is 5.71. The number of hydrogen-bond donors (Lipinski definition) is 1. The number of hydrogen-bond acceptors (Lipinski definition) is 7. The molecule has 0 aromatic heterocycles. The van der Waals surface area contributed by atoms with Gasteiger partial charge in [-0.2, -0.15) is 0 Å². The highest BCUT2D eigenvalue weighted by atomic mass is 16.7. The molecular weight excluding hydrogens is 815 g/mol. The van der Waals surface area contributed by atoms with Crippen molar-refractivity contribution in [3.05, 3.63) is 0 Å². The molecule has 9 heteroatoms. The van der Waals surface area contributed by atoms with Crippen LogP contribution in [0.3, 0.4) is 0 Å². The maximum Gasteiger partial charge on any atom is 0.361 e. The van der Waals surface area contributed by atoms with Gasteiger partial charge in [-0.3, -0.25) is 9.59 Å². The van der Waals surface area contributed by atoms with Gasteiger partial charge in [-0.05, 0) is 12.8 Å². The van der Waals surface area contributed by atoms with E-state index < -0.39 is 18.4 Å². The highest BCUT2D eigenvalue weighted by Crippen LogP contribution is 2.18. The third-order valence-electron chi connectivity index (χ3n) is 12.9. The molecule has 2 unspecified atom stereocenters. The van der Waals surface area contributed by atoms with E-state index in [9.17, 15) is 19.5 Å². The van der Waals surface area contributed by atoms with Crippen molar-refractivity contribution in [2.45, 2.75) is 296 Å². The molecule has 0 aliphatic rings. The molecule has 0 saturated carbocycles. The molecule has 0 rings (SSSR count). The number of carbonyl (C=O) groups excluding carboxylic acids is 2. The van der Waals surface area contributed by atoms with Gasteiger partial charge in [-0.1, -0.05) is 258 Å². The molecule has 65 heavy (non-hydrogen) atoms. The summed E-state index contributed by atoms with van der Waals surface area (Å²) in [5.74, 6) is -1.98. The first kappa shape index (κ1) is 63.3. The number of unbranched alkanes of at least 4 members (excludes halogenated alkanes) is 38. The van der Waals surface area contributed by atoms with E-state index in [1.54, 1.807) is 0 Å². The van der Waals surface area contributed by atoms with Crippen LogP contribution in [0.25, 0.3) is 0 Å². The van der Waals surface area contributed by atoms with Gasteiger partial charge in [0, 0.05) is 12.8 Å². The summed E-state index contributed by atoms with van der Waals surface area (Å²) in [4.78, 5) is 37.3. The van der Waals surface area contributed by atoms with E-state index in [0.717, 1.165) is 38.5 Å². The van der Waals surface area contributed by atoms with Crippen molar-refractivity contribution in [1.29, 1.82) is 0 Å². The Morgan fingerprint density at radius 3 is 0.985 bits per heavy atom. The fourth-order valence-corrected chi connectivity index (χ4v) is 8.49. The van der Waals surface area contributed by atoms with Crippen molar-refractivity contribution >= 4 is 17.9 Å². The van der Waals surface area contributed by atoms with Crippen molar-refractivity contribution in [2.75, 3.05) is 47.5 Å². The zero-order valence-corrected chi connectivity index (χ0v) is 43.9. The van der Waals surface area contributed by atoms with Crippen LogP contribution >= 0.6 is 0 Å². The summed E-state index contributed by atoms with van der Waals surface area (Å²) < 4.78 is 22.9. The first-order chi connectivity index (χ1) is 31.6. The summed E-state index contributed by atoms with van der Waals surface area (Å²) in [5.41, 5.74) is 0. The van der Waals surface area contributed by atoms with E-state index >= 15 is 0 Å². The van der Waals surface area contributed by atoms with E-state index in [4.69, 9.17) is 18.9 Å². The third kappa shape index (κ3) is 50.0. The highest BCUT2D eigenvalue weighted by Gasteiger charge is 2.25. The predicted octanol–water partition coefficient (Wildman–Crippen LogP) is 16.0. The monoisotopic (exact) mass is 925 g/mol. The predicted molar refractivity (Wildman–Crippen MR) is 272 cm³/mol. The van der Waals surface area contributed by atoms with Crippen LogP contribution in [0.15, 0.2) is 0 Å². The number of aliphatic carboxylic acids is 1. The average Bonchev–Trinajstić information content (AvgIpc) is 3.27. The van der Waals surface area contributed by atoms with Crippen LogP contribution in [-0.4, -0.2) is 87.4 Å². The largest absolute Gasteiger partial charge is 0.477 e. The molecule has 0 amide bonds. The van der Waals surface area contributed by atoms with Crippen LogP contribution in [0.2, 0.25) is 0 Å². The number of rotatable bonds is 53. The number of carbonyl (C=O) groups is 3. The Hall–Kier alpha value is -1.71. The van der Waals surface area contributed by atoms with Crippen molar-refractivity contribution < 1.29 is 42.9 Å². The minimum absolute atomic E-state index is 0.173. The number of quaternary nitrogens is 1. The summed E-state index contributed by atoms with van der Waals surface area (Å²) in [6.45, 7) is 4.94. The van der Waals surface area contributed by atoms with Gasteiger partial charge < -0.3 is 28.5 Å². The maximum absolute atomic E-state index is 12.8. The molecule has 0 aromatic carbocycles. The number of carboxylic acids is 1. The second kappa shape index (κ2) is 48.7. The zero-order chi connectivity index (χ0) is 47.7.